The predicted molar refractivity (Wildman–Crippen MR) is 71.4 cm³/mol. The second kappa shape index (κ2) is 4.52. The summed E-state index contributed by atoms with van der Waals surface area (Å²) >= 11 is 0. The summed E-state index contributed by atoms with van der Waals surface area (Å²) in [6.07, 6.45) is 8.70. The van der Waals surface area contributed by atoms with Crippen LogP contribution in [0.15, 0.2) is 54.1 Å². The van der Waals surface area contributed by atoms with Crippen molar-refractivity contribution in [1.82, 2.24) is 0 Å². The topological polar surface area (TPSA) is 0 Å². The lowest BCUT2D eigenvalue weighted by Gasteiger charge is -2.06. The summed E-state index contributed by atoms with van der Waals surface area (Å²) in [7, 11) is 0. The Morgan fingerprint density at radius 1 is 1.00 bits per heavy atom. The van der Waals surface area contributed by atoms with Gasteiger partial charge in [0.25, 0.3) is 0 Å². The molecular weight excluding hydrogens is 192 g/mol. The van der Waals surface area contributed by atoms with Crippen molar-refractivity contribution < 1.29 is 0 Å². The molecule has 1 aromatic rings. The van der Waals surface area contributed by atoms with E-state index in [1.807, 2.05) is 0 Å². The van der Waals surface area contributed by atoms with Crippen LogP contribution in [0.5, 0.6) is 0 Å². The highest BCUT2D eigenvalue weighted by molar-refractivity contribution is 5.86. The van der Waals surface area contributed by atoms with Gasteiger partial charge in [-0.15, -0.1) is 0 Å². The number of hydrogen-bond acceptors (Lipinski definition) is 0. The molecule has 0 spiro atoms. The Balaban J connectivity index is 2.62. The van der Waals surface area contributed by atoms with Crippen molar-refractivity contribution >= 4 is 5.57 Å². The van der Waals surface area contributed by atoms with Crippen LogP contribution >= 0.6 is 0 Å². The van der Waals surface area contributed by atoms with E-state index in [1.54, 1.807) is 0 Å². The zero-order chi connectivity index (χ0) is 11.5. The fourth-order valence-corrected chi connectivity index (χ4v) is 2.44. The van der Waals surface area contributed by atoms with E-state index in [2.05, 4.69) is 69.3 Å². The fourth-order valence-electron chi connectivity index (χ4n) is 2.44. The number of rotatable bonds is 2. The lowest BCUT2D eigenvalue weighted by Crippen LogP contribution is -1.90. The zero-order valence-corrected chi connectivity index (χ0v) is 10.2. The molecule has 0 radical (unpaired) electrons. The van der Waals surface area contributed by atoms with E-state index in [4.69, 9.17) is 0 Å². The van der Waals surface area contributed by atoms with Crippen LogP contribution in [-0.2, 0) is 0 Å². The lowest BCUT2D eigenvalue weighted by atomic mass is 9.98. The Bertz CT molecular complexity index is 473. The molecule has 0 saturated carbocycles. The summed E-state index contributed by atoms with van der Waals surface area (Å²) in [6.45, 7) is 6.44. The van der Waals surface area contributed by atoms with Crippen LogP contribution in [0.2, 0.25) is 0 Å². The third kappa shape index (κ3) is 1.65. The molecule has 0 nitrogen and oxygen atoms in total. The Morgan fingerprint density at radius 2 is 1.69 bits per heavy atom. The standard InChI is InChI=1S/C16H18/c1-4-8-13-12(3)14-10-6-7-11-16(14)15(13)9-5-2/h4-12H,1-3H3/b8-4-,9-5-. The second-order valence-electron chi connectivity index (χ2n) is 4.18. The van der Waals surface area contributed by atoms with Crippen molar-refractivity contribution in [3.05, 3.63) is 65.3 Å². The van der Waals surface area contributed by atoms with Crippen LogP contribution in [0.1, 0.15) is 37.8 Å². The number of benzene rings is 1. The van der Waals surface area contributed by atoms with Crippen molar-refractivity contribution in [2.45, 2.75) is 26.7 Å². The zero-order valence-electron chi connectivity index (χ0n) is 10.2. The van der Waals surface area contributed by atoms with Gasteiger partial charge in [-0.25, -0.2) is 0 Å². The van der Waals surface area contributed by atoms with Crippen molar-refractivity contribution in [3.8, 4) is 0 Å². The molecule has 0 heterocycles. The Labute approximate surface area is 98.0 Å². The molecule has 1 aliphatic carbocycles. The molecule has 1 aromatic carbocycles. The molecule has 0 bridgehead atoms. The third-order valence-electron chi connectivity index (χ3n) is 3.17. The van der Waals surface area contributed by atoms with Gasteiger partial charge in [-0.3, -0.25) is 0 Å². The van der Waals surface area contributed by atoms with Gasteiger partial charge in [0, 0.05) is 5.92 Å². The molecule has 82 valence electrons. The van der Waals surface area contributed by atoms with E-state index in [-0.39, 0.29) is 0 Å². The van der Waals surface area contributed by atoms with Gasteiger partial charge >= 0.3 is 0 Å². The van der Waals surface area contributed by atoms with Gasteiger partial charge in [0.1, 0.15) is 0 Å². The maximum atomic E-state index is 2.28. The van der Waals surface area contributed by atoms with E-state index in [0.717, 1.165) is 0 Å². The van der Waals surface area contributed by atoms with Gasteiger partial charge in [0.05, 0.1) is 0 Å². The molecule has 0 heteroatoms. The molecule has 16 heavy (non-hydrogen) atoms. The van der Waals surface area contributed by atoms with Gasteiger partial charge in [0.2, 0.25) is 0 Å². The average molecular weight is 210 g/mol. The molecule has 2 rings (SSSR count). The normalized spacial score (nSPS) is 20.1. The second-order valence-corrected chi connectivity index (χ2v) is 4.18. The first-order valence-electron chi connectivity index (χ1n) is 5.88. The monoisotopic (exact) mass is 210 g/mol. The summed E-state index contributed by atoms with van der Waals surface area (Å²) in [5.41, 5.74) is 5.65. The van der Waals surface area contributed by atoms with Crippen molar-refractivity contribution in [2.24, 2.45) is 0 Å². The minimum absolute atomic E-state index is 0.513. The summed E-state index contributed by atoms with van der Waals surface area (Å²) in [5, 5.41) is 0. The molecule has 0 aromatic heterocycles. The van der Waals surface area contributed by atoms with E-state index in [1.165, 1.54) is 22.3 Å². The molecule has 1 atom stereocenters. The van der Waals surface area contributed by atoms with E-state index in [9.17, 15) is 0 Å². The minimum Gasteiger partial charge on any atom is -0.0873 e. The molecule has 0 saturated heterocycles. The van der Waals surface area contributed by atoms with Gasteiger partial charge in [0.15, 0.2) is 0 Å². The van der Waals surface area contributed by atoms with E-state index in [0.29, 0.717) is 5.92 Å². The number of hydrogen-bond donors (Lipinski definition) is 0. The van der Waals surface area contributed by atoms with Crippen molar-refractivity contribution in [1.29, 1.82) is 0 Å². The minimum atomic E-state index is 0.513. The van der Waals surface area contributed by atoms with Crippen molar-refractivity contribution in [2.75, 3.05) is 0 Å². The van der Waals surface area contributed by atoms with E-state index >= 15 is 0 Å². The highest BCUT2D eigenvalue weighted by Gasteiger charge is 2.24. The SMILES string of the molecule is C/C=C\C1=C(/C=C\C)C(C)c2ccccc21. The fraction of sp³-hybridized carbons (Fsp3) is 0.250. The molecule has 0 fully saturated rings. The van der Waals surface area contributed by atoms with Crippen LogP contribution in [-0.4, -0.2) is 0 Å². The smallest absolute Gasteiger partial charge is 0.00731 e. The van der Waals surface area contributed by atoms with Crippen LogP contribution in [0.3, 0.4) is 0 Å². The maximum Gasteiger partial charge on any atom is 0.00731 e. The van der Waals surface area contributed by atoms with Gasteiger partial charge in [-0.05, 0) is 36.1 Å². The van der Waals surface area contributed by atoms with Crippen LogP contribution in [0.25, 0.3) is 5.57 Å². The highest BCUT2D eigenvalue weighted by Crippen LogP contribution is 2.42. The molecule has 1 aliphatic rings. The first-order valence-corrected chi connectivity index (χ1v) is 5.88. The quantitative estimate of drug-likeness (QED) is 0.663. The van der Waals surface area contributed by atoms with E-state index < -0.39 is 0 Å². The van der Waals surface area contributed by atoms with Gasteiger partial charge < -0.3 is 0 Å². The van der Waals surface area contributed by atoms with Crippen LogP contribution in [0.4, 0.5) is 0 Å². The van der Waals surface area contributed by atoms with Gasteiger partial charge in [-0.2, -0.15) is 0 Å². The van der Waals surface area contributed by atoms with Crippen molar-refractivity contribution in [3.63, 3.8) is 0 Å². The predicted octanol–water partition coefficient (Wildman–Crippen LogP) is 4.71. The third-order valence-corrected chi connectivity index (χ3v) is 3.17. The average Bonchev–Trinajstić information content (AvgIpc) is 2.57. The Morgan fingerprint density at radius 3 is 2.38 bits per heavy atom. The summed E-state index contributed by atoms with van der Waals surface area (Å²) in [4.78, 5) is 0. The first kappa shape index (κ1) is 10.9. The Hall–Kier alpha value is -1.56. The molecule has 0 aliphatic heterocycles. The van der Waals surface area contributed by atoms with Crippen LogP contribution in [0, 0.1) is 0 Å². The number of fused-ring (bicyclic) bond motifs is 1. The summed E-state index contributed by atoms with van der Waals surface area (Å²) in [5.74, 6) is 0.513. The van der Waals surface area contributed by atoms with Gasteiger partial charge in [-0.1, -0.05) is 55.5 Å². The molecule has 0 N–H and O–H groups in total. The highest BCUT2D eigenvalue weighted by atomic mass is 14.3. The summed E-state index contributed by atoms with van der Waals surface area (Å²) in [6, 6.07) is 8.70. The number of allylic oxidation sites excluding steroid dienone is 6. The lowest BCUT2D eigenvalue weighted by molar-refractivity contribution is 0.947. The van der Waals surface area contributed by atoms with Crippen LogP contribution < -0.4 is 0 Å². The first-order chi connectivity index (χ1) is 7.79. The summed E-state index contributed by atoms with van der Waals surface area (Å²) < 4.78 is 0. The molecule has 1 unspecified atom stereocenters. The largest absolute Gasteiger partial charge is 0.0873 e. The molecular formula is C16H18. The Kier molecular flexibility index (Phi) is 3.09. The molecule has 0 amide bonds. The maximum absolute atomic E-state index is 2.28.